The largest absolute Gasteiger partial charge is 0.496 e. The minimum Gasteiger partial charge on any atom is -0.496 e. The normalized spacial score (nSPS) is 15.0. The van der Waals surface area contributed by atoms with Crippen LogP contribution in [0.5, 0.6) is 11.5 Å². The number of anilines is 2. The Labute approximate surface area is 167 Å². The second-order valence-corrected chi connectivity index (χ2v) is 6.47. The lowest BCUT2D eigenvalue weighted by Crippen LogP contribution is -2.37. The second-order valence-electron chi connectivity index (χ2n) is 6.47. The van der Waals surface area contributed by atoms with E-state index in [1.165, 1.54) is 10.6 Å². The molecule has 0 fully saturated rings. The molecule has 0 amide bonds. The topological polar surface area (TPSA) is 89.8 Å². The van der Waals surface area contributed by atoms with Gasteiger partial charge < -0.3 is 14.8 Å². The number of guanidine groups is 1. The van der Waals surface area contributed by atoms with Crippen LogP contribution in [-0.2, 0) is 0 Å². The summed E-state index contributed by atoms with van der Waals surface area (Å²) in [7, 11) is 3.20. The Hall–Kier alpha value is -3.81. The second kappa shape index (κ2) is 7.67. The standard InChI is InChI=1S/C21H21N5O3/c1-13-12-18(27)26-19(14-8-4-6-10-16(14)28-2)24-20(25-21(26)22-13)23-15-9-5-7-11-17(15)29-3/h4-12,19H,1-3H3,(H2,22,23,24,25). The number of benzene rings is 2. The molecule has 1 aliphatic heterocycles. The molecule has 1 aliphatic rings. The summed E-state index contributed by atoms with van der Waals surface area (Å²) in [5, 5.41) is 6.35. The lowest BCUT2D eigenvalue weighted by Gasteiger charge is -2.28. The molecule has 0 saturated heterocycles. The number of para-hydroxylation sites is 3. The van der Waals surface area contributed by atoms with Crippen molar-refractivity contribution in [3.8, 4) is 11.5 Å². The van der Waals surface area contributed by atoms with Crippen LogP contribution in [0.25, 0.3) is 0 Å². The van der Waals surface area contributed by atoms with Gasteiger partial charge in [-0.1, -0.05) is 30.3 Å². The SMILES string of the molecule is COc1ccccc1NC1=NC(c2ccccc2OC)n2c(nc(C)cc2=O)N1. The summed E-state index contributed by atoms with van der Waals surface area (Å²) in [6.45, 7) is 1.78. The number of aromatic nitrogens is 2. The van der Waals surface area contributed by atoms with Crippen LogP contribution in [0, 0.1) is 6.92 Å². The van der Waals surface area contributed by atoms with Gasteiger partial charge >= 0.3 is 0 Å². The van der Waals surface area contributed by atoms with Crippen LogP contribution >= 0.6 is 0 Å². The lowest BCUT2D eigenvalue weighted by molar-refractivity contribution is 0.401. The zero-order valence-electron chi connectivity index (χ0n) is 16.3. The van der Waals surface area contributed by atoms with E-state index in [0.29, 0.717) is 29.1 Å². The Kier molecular flexibility index (Phi) is 4.90. The summed E-state index contributed by atoms with van der Waals surface area (Å²) in [6, 6.07) is 16.5. The number of methoxy groups -OCH3 is 2. The Bertz CT molecular complexity index is 1140. The molecular weight excluding hydrogens is 370 g/mol. The number of ether oxygens (including phenoxy) is 2. The van der Waals surface area contributed by atoms with Crippen molar-refractivity contribution in [1.29, 1.82) is 0 Å². The highest BCUT2D eigenvalue weighted by molar-refractivity contribution is 6.04. The molecule has 0 spiro atoms. The number of nitrogens with one attached hydrogen (secondary N) is 2. The summed E-state index contributed by atoms with van der Waals surface area (Å²) in [6.07, 6.45) is -0.639. The van der Waals surface area contributed by atoms with Crippen LogP contribution < -0.4 is 25.7 Å². The van der Waals surface area contributed by atoms with Gasteiger partial charge in [-0.3, -0.25) is 14.7 Å². The Morgan fingerprint density at radius 2 is 1.72 bits per heavy atom. The fraction of sp³-hybridized carbons (Fsp3) is 0.190. The molecule has 2 heterocycles. The van der Waals surface area contributed by atoms with E-state index in [0.717, 1.165) is 11.3 Å². The van der Waals surface area contributed by atoms with Gasteiger partial charge in [0.15, 0.2) is 6.17 Å². The van der Waals surface area contributed by atoms with Gasteiger partial charge in [-0.2, -0.15) is 0 Å². The van der Waals surface area contributed by atoms with Gasteiger partial charge in [0.1, 0.15) is 11.5 Å². The fourth-order valence-corrected chi connectivity index (χ4v) is 3.28. The smallest absolute Gasteiger partial charge is 0.257 e. The van der Waals surface area contributed by atoms with Crippen LogP contribution in [0.1, 0.15) is 17.4 Å². The van der Waals surface area contributed by atoms with Gasteiger partial charge in [0, 0.05) is 17.3 Å². The van der Waals surface area contributed by atoms with Crippen molar-refractivity contribution in [2.45, 2.75) is 13.1 Å². The van der Waals surface area contributed by atoms with Gasteiger partial charge in [-0.05, 0) is 25.1 Å². The Balaban J connectivity index is 1.84. The summed E-state index contributed by atoms with van der Waals surface area (Å²) < 4.78 is 12.4. The zero-order valence-corrected chi connectivity index (χ0v) is 16.3. The number of rotatable bonds is 4. The fourth-order valence-electron chi connectivity index (χ4n) is 3.28. The van der Waals surface area contributed by atoms with Gasteiger partial charge in [0.25, 0.3) is 5.56 Å². The maximum atomic E-state index is 12.8. The van der Waals surface area contributed by atoms with Crippen molar-refractivity contribution >= 4 is 17.6 Å². The van der Waals surface area contributed by atoms with Crippen molar-refractivity contribution in [2.24, 2.45) is 4.99 Å². The molecule has 0 aliphatic carbocycles. The van der Waals surface area contributed by atoms with Gasteiger partial charge in [-0.15, -0.1) is 0 Å². The summed E-state index contributed by atoms with van der Waals surface area (Å²) in [5.74, 6) is 2.16. The third-order valence-corrected chi connectivity index (χ3v) is 4.58. The molecule has 1 atom stereocenters. The van der Waals surface area contributed by atoms with Crippen LogP contribution in [0.2, 0.25) is 0 Å². The van der Waals surface area contributed by atoms with E-state index >= 15 is 0 Å². The molecule has 8 heteroatoms. The first kappa shape index (κ1) is 18.5. The molecule has 1 unspecified atom stereocenters. The molecule has 148 valence electrons. The third kappa shape index (κ3) is 3.52. The van der Waals surface area contributed by atoms with E-state index in [9.17, 15) is 4.79 Å². The quantitative estimate of drug-likeness (QED) is 0.711. The molecule has 0 saturated carbocycles. The molecular formula is C21H21N5O3. The maximum Gasteiger partial charge on any atom is 0.257 e. The average molecular weight is 391 g/mol. The molecule has 0 bridgehead atoms. The first-order chi connectivity index (χ1) is 14.1. The molecule has 0 radical (unpaired) electrons. The van der Waals surface area contributed by atoms with E-state index in [1.807, 2.05) is 48.5 Å². The minimum atomic E-state index is -0.639. The maximum absolute atomic E-state index is 12.8. The zero-order chi connectivity index (χ0) is 20.4. The number of nitrogens with zero attached hydrogens (tertiary/aromatic N) is 3. The van der Waals surface area contributed by atoms with E-state index in [1.54, 1.807) is 21.1 Å². The molecule has 29 heavy (non-hydrogen) atoms. The Morgan fingerprint density at radius 1 is 1.03 bits per heavy atom. The van der Waals surface area contributed by atoms with Gasteiger partial charge in [-0.25, -0.2) is 9.98 Å². The van der Waals surface area contributed by atoms with Crippen molar-refractivity contribution in [1.82, 2.24) is 9.55 Å². The monoisotopic (exact) mass is 391 g/mol. The van der Waals surface area contributed by atoms with Gasteiger partial charge in [0.05, 0.1) is 19.9 Å². The molecule has 2 aromatic carbocycles. The van der Waals surface area contributed by atoms with Crippen LogP contribution in [0.15, 0.2) is 64.4 Å². The number of fused-ring (bicyclic) bond motifs is 1. The van der Waals surface area contributed by atoms with E-state index in [2.05, 4.69) is 15.6 Å². The highest BCUT2D eigenvalue weighted by Crippen LogP contribution is 2.32. The van der Waals surface area contributed by atoms with Crippen molar-refractivity contribution in [2.75, 3.05) is 24.9 Å². The molecule has 2 N–H and O–H groups in total. The number of aryl methyl sites for hydroxylation is 1. The molecule has 4 rings (SSSR count). The Morgan fingerprint density at radius 3 is 2.48 bits per heavy atom. The van der Waals surface area contributed by atoms with Crippen molar-refractivity contribution in [3.05, 3.63) is 76.2 Å². The number of hydrogen-bond acceptors (Lipinski definition) is 7. The van der Waals surface area contributed by atoms with E-state index in [4.69, 9.17) is 14.5 Å². The van der Waals surface area contributed by atoms with E-state index < -0.39 is 6.17 Å². The summed E-state index contributed by atoms with van der Waals surface area (Å²) in [4.78, 5) is 22.0. The third-order valence-electron chi connectivity index (χ3n) is 4.58. The molecule has 8 nitrogen and oxygen atoms in total. The predicted molar refractivity (Wildman–Crippen MR) is 112 cm³/mol. The van der Waals surface area contributed by atoms with E-state index in [-0.39, 0.29) is 5.56 Å². The first-order valence-electron chi connectivity index (χ1n) is 9.08. The molecule has 1 aromatic heterocycles. The summed E-state index contributed by atoms with van der Waals surface area (Å²) in [5.41, 5.74) is 1.91. The highest BCUT2D eigenvalue weighted by atomic mass is 16.5. The predicted octanol–water partition coefficient (Wildman–Crippen LogP) is 3.01. The summed E-state index contributed by atoms with van der Waals surface area (Å²) >= 11 is 0. The van der Waals surface area contributed by atoms with Crippen LogP contribution in [0.4, 0.5) is 11.6 Å². The van der Waals surface area contributed by atoms with Crippen LogP contribution in [-0.4, -0.2) is 29.7 Å². The lowest BCUT2D eigenvalue weighted by atomic mass is 10.1. The van der Waals surface area contributed by atoms with Crippen molar-refractivity contribution in [3.63, 3.8) is 0 Å². The number of hydrogen-bond donors (Lipinski definition) is 2. The average Bonchev–Trinajstić information content (AvgIpc) is 2.73. The van der Waals surface area contributed by atoms with Crippen LogP contribution in [0.3, 0.4) is 0 Å². The van der Waals surface area contributed by atoms with Gasteiger partial charge in [0.2, 0.25) is 11.9 Å². The first-order valence-corrected chi connectivity index (χ1v) is 9.08. The highest BCUT2D eigenvalue weighted by Gasteiger charge is 2.27. The number of aliphatic imine (C=N–C) groups is 1. The molecule has 3 aromatic rings. The van der Waals surface area contributed by atoms with Crippen molar-refractivity contribution < 1.29 is 9.47 Å². The minimum absolute atomic E-state index is 0.198.